The molecule has 1 amide bonds. The lowest BCUT2D eigenvalue weighted by molar-refractivity contribution is -0.127. The first-order valence-corrected chi connectivity index (χ1v) is 15.9. The molecule has 4 heterocycles. The second-order valence-electron chi connectivity index (χ2n) is 10.7. The molecule has 0 radical (unpaired) electrons. The molecule has 1 fully saturated rings. The van der Waals surface area contributed by atoms with Gasteiger partial charge in [-0.2, -0.15) is 0 Å². The first-order valence-electron chi connectivity index (χ1n) is 15.0. The lowest BCUT2D eigenvalue weighted by atomic mass is 10.1. The third-order valence-corrected chi connectivity index (χ3v) is 8.44. The van der Waals surface area contributed by atoms with Crippen LogP contribution in [0.5, 0.6) is 22.4 Å². The van der Waals surface area contributed by atoms with Crippen LogP contribution in [0.15, 0.2) is 78.0 Å². The van der Waals surface area contributed by atoms with E-state index in [2.05, 4.69) is 31.8 Å². The Morgan fingerprint density at radius 3 is 2.74 bits per heavy atom. The van der Waals surface area contributed by atoms with E-state index < -0.39 is 5.82 Å². The predicted molar refractivity (Wildman–Crippen MR) is 179 cm³/mol. The van der Waals surface area contributed by atoms with Gasteiger partial charge in [0.15, 0.2) is 17.4 Å². The first kappa shape index (κ1) is 31.7. The predicted octanol–water partition coefficient (Wildman–Crippen LogP) is 7.06. The summed E-state index contributed by atoms with van der Waals surface area (Å²) >= 11 is 1.30. The van der Waals surface area contributed by atoms with E-state index in [4.69, 9.17) is 18.9 Å². The number of methoxy groups -OCH3 is 2. The average molecular weight is 657 g/mol. The summed E-state index contributed by atoms with van der Waals surface area (Å²) in [4.78, 5) is 31.4. The summed E-state index contributed by atoms with van der Waals surface area (Å²) in [6.45, 7) is 4.71. The van der Waals surface area contributed by atoms with Gasteiger partial charge in [-0.1, -0.05) is 30.1 Å². The van der Waals surface area contributed by atoms with Crippen LogP contribution >= 0.6 is 11.3 Å². The lowest BCUT2D eigenvalue weighted by Crippen LogP contribution is -2.41. The normalized spacial score (nSPS) is 15.3. The Morgan fingerprint density at radius 2 is 1.98 bits per heavy atom. The summed E-state index contributed by atoms with van der Waals surface area (Å²) in [5.41, 5.74) is 2.32. The maximum atomic E-state index is 15.4. The van der Waals surface area contributed by atoms with Crippen LogP contribution in [0, 0.1) is 5.82 Å². The van der Waals surface area contributed by atoms with E-state index >= 15 is 4.39 Å². The van der Waals surface area contributed by atoms with Gasteiger partial charge < -0.3 is 29.2 Å². The van der Waals surface area contributed by atoms with Gasteiger partial charge in [0.1, 0.15) is 29.8 Å². The number of hydrogen-bond acceptors (Lipinski definition) is 11. The fraction of sp³-hybridized carbons (Fsp3) is 0.265. The number of amides is 1. The Hall–Kier alpha value is -5.30. The molecule has 2 aromatic heterocycles. The molecule has 1 N–H and O–H groups in total. The third-order valence-electron chi connectivity index (χ3n) is 7.73. The van der Waals surface area contributed by atoms with Crippen molar-refractivity contribution >= 4 is 51.1 Å². The number of likely N-dealkylation sites (tertiary alicyclic amines) is 1. The van der Waals surface area contributed by atoms with Crippen LogP contribution in [0.25, 0.3) is 16.5 Å². The maximum absolute atomic E-state index is 15.4. The maximum Gasteiger partial charge on any atom is 0.279 e. The molecule has 0 aliphatic carbocycles. The van der Waals surface area contributed by atoms with Gasteiger partial charge >= 0.3 is 0 Å². The number of nitrogens with zero attached hydrogens (tertiary/aromatic N) is 5. The summed E-state index contributed by atoms with van der Waals surface area (Å²) in [5.74, 6) is 1.74. The van der Waals surface area contributed by atoms with Crippen molar-refractivity contribution in [3.05, 3.63) is 84.6 Å². The second-order valence-corrected chi connectivity index (χ2v) is 11.5. The highest BCUT2D eigenvalue weighted by Crippen LogP contribution is 2.37. The Morgan fingerprint density at radius 1 is 1.13 bits per heavy atom. The smallest absolute Gasteiger partial charge is 0.279 e. The number of allylic oxidation sites excluding steroid dienone is 3. The van der Waals surface area contributed by atoms with Gasteiger partial charge in [-0.05, 0) is 30.7 Å². The van der Waals surface area contributed by atoms with Crippen molar-refractivity contribution in [2.24, 2.45) is 4.99 Å². The van der Waals surface area contributed by atoms with Gasteiger partial charge in [0.2, 0.25) is 5.91 Å². The third kappa shape index (κ3) is 7.41. The molecule has 47 heavy (non-hydrogen) atoms. The zero-order valence-electron chi connectivity index (χ0n) is 25.9. The molecule has 1 saturated heterocycles. The molecule has 13 heteroatoms. The fourth-order valence-electron chi connectivity index (χ4n) is 5.22. The van der Waals surface area contributed by atoms with Gasteiger partial charge in [-0.15, -0.1) is 0 Å². The Kier molecular flexibility index (Phi) is 9.72. The Balaban J connectivity index is 1.17. The number of aliphatic imine (C=N–C) groups is 1. The van der Waals surface area contributed by atoms with Crippen LogP contribution in [0.1, 0.15) is 31.4 Å². The van der Waals surface area contributed by atoms with E-state index in [0.29, 0.717) is 76.7 Å². The summed E-state index contributed by atoms with van der Waals surface area (Å²) in [6, 6.07) is 8.07. The fourth-order valence-corrected chi connectivity index (χ4v) is 5.91. The van der Waals surface area contributed by atoms with E-state index in [1.165, 1.54) is 29.8 Å². The minimum Gasteiger partial charge on any atom is -0.493 e. The number of aromatic nitrogens is 3. The van der Waals surface area contributed by atoms with Crippen LogP contribution in [0.4, 0.5) is 15.9 Å². The second kappa shape index (κ2) is 14.4. The minimum atomic E-state index is -0.538. The highest BCUT2D eigenvalue weighted by Gasteiger charge is 2.24. The first-order chi connectivity index (χ1) is 22.9. The van der Waals surface area contributed by atoms with Crippen LogP contribution < -0.4 is 19.5 Å². The van der Waals surface area contributed by atoms with Gasteiger partial charge in [0.25, 0.3) is 5.19 Å². The number of carbonyl (C=O) groups excluding carboxylic acids is 1. The number of rotatable bonds is 9. The standard InChI is InChI=1S/C34H33FN6O5S/c1-4-32(42)41-13-11-22(12-14-41)45-30-16-24-27(17-29(30)43-2)37-20-38-33(24)39-26-10-9-23(15-25(26)35)46-34-40-28(19-47-34)21-7-5-6-8-31(44-3)36-18-21/h4-5,7,9-10,15-20,22H,1,6,8,11-14H2,2-3H3,(H,37,38,39). The number of hydrogen-bond donors (Lipinski definition) is 1. The Labute approximate surface area is 275 Å². The quantitative estimate of drug-likeness (QED) is 0.189. The van der Waals surface area contributed by atoms with Crippen molar-refractivity contribution in [2.75, 3.05) is 32.6 Å². The molecule has 0 atom stereocenters. The minimum absolute atomic E-state index is 0.0862. The molecule has 6 rings (SSSR count). The van der Waals surface area contributed by atoms with Crippen LogP contribution in [0.2, 0.25) is 0 Å². The van der Waals surface area contributed by atoms with Crippen molar-refractivity contribution < 1.29 is 28.1 Å². The van der Waals surface area contributed by atoms with Gasteiger partial charge in [-0.3, -0.25) is 4.79 Å². The number of halogens is 1. The molecule has 0 bridgehead atoms. The van der Waals surface area contributed by atoms with Crippen LogP contribution in [-0.4, -0.2) is 65.1 Å². The largest absolute Gasteiger partial charge is 0.493 e. The Bertz CT molecular complexity index is 1880. The van der Waals surface area contributed by atoms with Gasteiger partial charge in [-0.25, -0.2) is 24.3 Å². The molecular formula is C34H33FN6O5S. The van der Waals surface area contributed by atoms with Crippen molar-refractivity contribution in [1.29, 1.82) is 0 Å². The van der Waals surface area contributed by atoms with E-state index in [0.717, 1.165) is 18.4 Å². The monoisotopic (exact) mass is 656 g/mol. The van der Waals surface area contributed by atoms with Crippen molar-refractivity contribution in [1.82, 2.24) is 19.9 Å². The van der Waals surface area contributed by atoms with Gasteiger partial charge in [0.05, 0.1) is 31.1 Å². The highest BCUT2D eigenvalue weighted by atomic mass is 32.1. The number of carbonyl (C=O) groups is 1. The number of fused-ring (bicyclic) bond motifs is 1. The molecule has 2 aliphatic heterocycles. The zero-order chi connectivity index (χ0) is 32.8. The molecule has 2 aliphatic rings. The van der Waals surface area contributed by atoms with Crippen molar-refractivity contribution in [3.8, 4) is 22.4 Å². The number of piperidine rings is 1. The highest BCUT2D eigenvalue weighted by molar-refractivity contribution is 7.11. The molecule has 0 saturated carbocycles. The topological polar surface area (TPSA) is 120 Å². The average Bonchev–Trinajstić information content (AvgIpc) is 3.54. The number of thiazole rings is 1. The van der Waals surface area contributed by atoms with Gasteiger partial charge in [0, 0.05) is 67.0 Å². The van der Waals surface area contributed by atoms with Crippen molar-refractivity contribution in [3.63, 3.8) is 0 Å². The molecule has 0 unspecified atom stereocenters. The number of benzene rings is 2. The van der Waals surface area contributed by atoms with E-state index in [1.807, 2.05) is 17.5 Å². The molecule has 4 aromatic rings. The molecule has 2 aromatic carbocycles. The van der Waals surface area contributed by atoms with Crippen LogP contribution in [-0.2, 0) is 9.53 Å². The number of anilines is 2. The molecule has 242 valence electrons. The number of ether oxygens (including phenoxy) is 4. The summed E-state index contributed by atoms with van der Waals surface area (Å²) in [6.07, 6.45) is 11.2. The number of nitrogens with one attached hydrogen (secondary N) is 1. The lowest BCUT2D eigenvalue weighted by Gasteiger charge is -2.31. The molecular weight excluding hydrogens is 623 g/mol. The summed E-state index contributed by atoms with van der Waals surface area (Å²) < 4.78 is 38.5. The summed E-state index contributed by atoms with van der Waals surface area (Å²) in [7, 11) is 3.16. The SMILES string of the molecule is C=CC(=O)N1CCC(Oc2cc3c(Nc4ccc(Oc5nc(C6=CN=C(OC)CCC=C6)cs5)cc4F)ncnc3cc2OC)CC1. The summed E-state index contributed by atoms with van der Waals surface area (Å²) in [5, 5.41) is 5.94. The molecule has 0 spiro atoms. The molecule has 11 nitrogen and oxygen atoms in total. The van der Waals surface area contributed by atoms with Crippen molar-refractivity contribution in [2.45, 2.75) is 31.8 Å². The van der Waals surface area contributed by atoms with Crippen LogP contribution in [0.3, 0.4) is 0 Å². The van der Waals surface area contributed by atoms with E-state index in [9.17, 15) is 4.79 Å². The van der Waals surface area contributed by atoms with E-state index in [1.54, 1.807) is 49.6 Å². The van der Waals surface area contributed by atoms with E-state index in [-0.39, 0.29) is 17.7 Å². The zero-order valence-corrected chi connectivity index (χ0v) is 26.8.